The molecule has 0 saturated carbocycles. The molecule has 1 aliphatic heterocycles. The van der Waals surface area contributed by atoms with Crippen LogP contribution in [0.1, 0.15) is 26.7 Å². The van der Waals surface area contributed by atoms with Crippen molar-refractivity contribution in [3.05, 3.63) is 35.0 Å². The van der Waals surface area contributed by atoms with Gasteiger partial charge in [0.25, 0.3) is 0 Å². The summed E-state index contributed by atoms with van der Waals surface area (Å²) in [6.07, 6.45) is 3.53. The van der Waals surface area contributed by atoms with Crippen LogP contribution in [0.15, 0.2) is 30.0 Å². The molecule has 1 aliphatic rings. The van der Waals surface area contributed by atoms with E-state index in [2.05, 4.69) is 20.5 Å². The molecule has 3 rings (SSSR count). The Morgan fingerprint density at radius 2 is 2.12 bits per heavy atom. The second kappa shape index (κ2) is 8.62. The summed E-state index contributed by atoms with van der Waals surface area (Å²) < 4.78 is 5.67. The smallest absolute Gasteiger partial charge is 0.408 e. The molecule has 4 N–H and O–H groups in total. The van der Waals surface area contributed by atoms with E-state index in [0.717, 1.165) is 52.9 Å². The number of nitrogens with zero attached hydrogens (tertiary/aromatic N) is 2. The van der Waals surface area contributed by atoms with E-state index in [0.29, 0.717) is 10.8 Å². The van der Waals surface area contributed by atoms with E-state index < -0.39 is 0 Å². The number of aromatic nitrogens is 2. The van der Waals surface area contributed by atoms with E-state index in [9.17, 15) is 0 Å². The molecule has 0 spiro atoms. The number of hydrogen-bond donors (Lipinski definition) is 3. The third-order valence-corrected chi connectivity index (χ3v) is 5.12. The molecule has 1 fully saturated rings. The summed E-state index contributed by atoms with van der Waals surface area (Å²) >= 11 is 7.81. The van der Waals surface area contributed by atoms with E-state index >= 15 is 0 Å². The van der Waals surface area contributed by atoms with Crippen LogP contribution in [0.25, 0.3) is 10.6 Å². The van der Waals surface area contributed by atoms with Crippen LogP contribution in [0.5, 0.6) is 5.75 Å². The number of ether oxygens (including phenoxy) is 1. The molecule has 1 aromatic heterocycles. The van der Waals surface area contributed by atoms with E-state index in [4.69, 9.17) is 22.1 Å². The molecule has 2 heterocycles. The minimum absolute atomic E-state index is 0.0755. The molecular weight excluding hydrogens is 370 g/mol. The Morgan fingerprint density at radius 3 is 2.85 bits per heavy atom. The van der Waals surface area contributed by atoms with Crippen molar-refractivity contribution in [3.63, 3.8) is 0 Å². The maximum atomic E-state index is 6.33. The van der Waals surface area contributed by atoms with Gasteiger partial charge < -0.3 is 15.8 Å². The molecule has 0 unspecified atom stereocenters. The van der Waals surface area contributed by atoms with Gasteiger partial charge in [-0.1, -0.05) is 11.6 Å². The number of hydrogen-bond acceptors (Lipinski definition) is 6. The van der Waals surface area contributed by atoms with Crippen LogP contribution in [0, 0.1) is 0 Å². The zero-order valence-corrected chi connectivity index (χ0v) is 16.5. The molecule has 0 atom stereocenters. The first-order chi connectivity index (χ1) is 12.6. The van der Waals surface area contributed by atoms with Crippen molar-refractivity contribution in [2.75, 3.05) is 13.1 Å². The second-order valence-electron chi connectivity index (χ2n) is 6.27. The topological polar surface area (TPSA) is 87.0 Å². The van der Waals surface area contributed by atoms with Crippen LogP contribution in [0.4, 0.5) is 5.13 Å². The van der Waals surface area contributed by atoms with E-state index in [1.807, 2.05) is 32.0 Å². The van der Waals surface area contributed by atoms with Crippen molar-refractivity contribution < 1.29 is 9.73 Å². The van der Waals surface area contributed by atoms with Crippen molar-refractivity contribution in [1.82, 2.24) is 15.5 Å². The average Bonchev–Trinajstić information content (AvgIpc) is 2.95. The zero-order chi connectivity index (χ0) is 18.5. The van der Waals surface area contributed by atoms with Crippen LogP contribution in [0.3, 0.4) is 0 Å². The molecule has 26 heavy (non-hydrogen) atoms. The van der Waals surface area contributed by atoms with Crippen molar-refractivity contribution in [3.8, 4) is 16.3 Å². The fourth-order valence-corrected chi connectivity index (χ4v) is 3.69. The molecule has 1 aromatic carbocycles. The van der Waals surface area contributed by atoms with Crippen LogP contribution >= 0.6 is 22.9 Å². The SMILES string of the molecule is CC(C)Oc1ccc(-c2nnc([NH+]=C3CCNCCC3=CN)s2)cc1Cl. The molecule has 138 valence electrons. The fraction of sp³-hybridized carbons (Fsp3) is 0.389. The van der Waals surface area contributed by atoms with E-state index in [-0.39, 0.29) is 6.10 Å². The number of nitrogens with one attached hydrogen (secondary N) is 2. The molecule has 6 nitrogen and oxygen atoms in total. The van der Waals surface area contributed by atoms with Crippen molar-refractivity contribution in [2.24, 2.45) is 5.73 Å². The molecule has 8 heteroatoms. The minimum atomic E-state index is 0.0755. The maximum absolute atomic E-state index is 6.33. The highest BCUT2D eigenvalue weighted by Crippen LogP contribution is 2.32. The van der Waals surface area contributed by atoms with Crippen LogP contribution in [-0.2, 0) is 0 Å². The van der Waals surface area contributed by atoms with Crippen molar-refractivity contribution in [2.45, 2.75) is 32.8 Å². The van der Waals surface area contributed by atoms with Gasteiger partial charge in [0.1, 0.15) is 11.5 Å². The summed E-state index contributed by atoms with van der Waals surface area (Å²) in [7, 11) is 0. The first-order valence-electron chi connectivity index (χ1n) is 8.61. The summed E-state index contributed by atoms with van der Waals surface area (Å²) in [4.78, 5) is 3.38. The fourth-order valence-electron chi connectivity index (χ4n) is 2.70. The Bertz CT molecular complexity index is 831. The van der Waals surface area contributed by atoms with Gasteiger partial charge in [-0.15, -0.1) is 0 Å². The van der Waals surface area contributed by atoms with Gasteiger partial charge in [0.2, 0.25) is 0 Å². The summed E-state index contributed by atoms with van der Waals surface area (Å²) in [5.74, 6) is 0.674. The van der Waals surface area contributed by atoms with Gasteiger partial charge in [0.05, 0.1) is 16.2 Å². The third kappa shape index (κ3) is 4.60. The molecule has 0 radical (unpaired) electrons. The van der Waals surface area contributed by atoms with Crippen LogP contribution in [-0.4, -0.2) is 35.1 Å². The lowest BCUT2D eigenvalue weighted by Crippen LogP contribution is -2.67. The first-order valence-corrected chi connectivity index (χ1v) is 9.81. The lowest BCUT2D eigenvalue weighted by atomic mass is 10.1. The lowest BCUT2D eigenvalue weighted by Gasteiger charge is -2.11. The normalized spacial score (nSPS) is 18.5. The van der Waals surface area contributed by atoms with E-state index in [1.165, 1.54) is 11.3 Å². The Balaban J connectivity index is 1.83. The quantitative estimate of drug-likeness (QED) is 0.741. The van der Waals surface area contributed by atoms with Crippen molar-refractivity contribution in [1.29, 1.82) is 0 Å². The molecule has 2 aromatic rings. The number of benzene rings is 1. The Morgan fingerprint density at radius 1 is 1.31 bits per heavy atom. The largest absolute Gasteiger partial charge is 0.489 e. The summed E-state index contributed by atoms with van der Waals surface area (Å²) in [6, 6.07) is 5.67. The third-order valence-electron chi connectivity index (χ3n) is 3.94. The van der Waals surface area contributed by atoms with Crippen LogP contribution in [0.2, 0.25) is 5.02 Å². The van der Waals surface area contributed by atoms with Crippen molar-refractivity contribution >= 4 is 33.8 Å². The molecule has 0 bridgehead atoms. The van der Waals surface area contributed by atoms with Gasteiger partial charge in [-0.3, -0.25) is 0 Å². The summed E-state index contributed by atoms with van der Waals surface area (Å²) in [5, 5.41) is 14.0. The number of nitrogens with two attached hydrogens (primary N) is 1. The first kappa shape index (κ1) is 18.8. The monoisotopic (exact) mass is 392 g/mol. The highest BCUT2D eigenvalue weighted by molar-refractivity contribution is 7.17. The maximum Gasteiger partial charge on any atom is 0.408 e. The summed E-state index contributed by atoms with van der Waals surface area (Å²) in [6.45, 7) is 5.78. The number of halogens is 1. The lowest BCUT2D eigenvalue weighted by molar-refractivity contribution is -0.355. The Labute approximate surface area is 162 Å². The van der Waals surface area contributed by atoms with E-state index in [1.54, 1.807) is 6.20 Å². The van der Waals surface area contributed by atoms with Gasteiger partial charge >= 0.3 is 5.13 Å². The zero-order valence-electron chi connectivity index (χ0n) is 14.9. The van der Waals surface area contributed by atoms with Gasteiger partial charge in [0.15, 0.2) is 5.01 Å². The molecule has 0 amide bonds. The summed E-state index contributed by atoms with van der Waals surface area (Å²) in [5.41, 5.74) is 8.90. The van der Waals surface area contributed by atoms with Gasteiger partial charge in [0, 0.05) is 30.3 Å². The molecule has 0 aliphatic carbocycles. The van der Waals surface area contributed by atoms with Gasteiger partial charge in [-0.25, -0.2) is 4.99 Å². The second-order valence-corrected chi connectivity index (χ2v) is 7.65. The molecular formula is C18H23ClN5OS+. The Kier molecular flexibility index (Phi) is 6.24. The number of rotatable bonds is 4. The Hall–Kier alpha value is -1.96. The standard InChI is InChI=1S/C18H22ClN5OS/c1-11(2)25-16-4-3-12(9-14(16)19)17-23-24-18(26-17)22-15-6-8-21-7-5-13(15)10-20/h3-4,9-11,21H,5-8,20H2,1-2H3/p+1. The predicted molar refractivity (Wildman–Crippen MR) is 106 cm³/mol. The van der Waals surface area contributed by atoms with Gasteiger partial charge in [-0.2, -0.15) is 0 Å². The molecule has 1 saturated heterocycles. The van der Waals surface area contributed by atoms with Crippen LogP contribution < -0.4 is 20.8 Å². The average molecular weight is 393 g/mol. The van der Waals surface area contributed by atoms with Gasteiger partial charge in [-0.05, 0) is 61.4 Å². The predicted octanol–water partition coefficient (Wildman–Crippen LogP) is 2.02. The highest BCUT2D eigenvalue weighted by atomic mass is 35.5. The minimum Gasteiger partial charge on any atom is -0.489 e. The highest BCUT2D eigenvalue weighted by Gasteiger charge is 2.18.